The van der Waals surface area contributed by atoms with Crippen LogP contribution >= 0.6 is 0 Å². The summed E-state index contributed by atoms with van der Waals surface area (Å²) >= 11 is 0. The molecule has 0 radical (unpaired) electrons. The van der Waals surface area contributed by atoms with Gasteiger partial charge in [0.2, 0.25) is 0 Å². The maximum absolute atomic E-state index is 4.20. The van der Waals surface area contributed by atoms with E-state index < -0.39 is 0 Å². The number of anilines is 1. The summed E-state index contributed by atoms with van der Waals surface area (Å²) in [5.41, 5.74) is 11.4. The number of nitrogens with zero attached hydrogens (tertiary/aromatic N) is 1. The zero-order valence-electron chi connectivity index (χ0n) is 17.2. The number of aryl methyl sites for hydroxylation is 1. The van der Waals surface area contributed by atoms with Crippen LogP contribution in [0.2, 0.25) is 0 Å². The molecule has 0 fully saturated rings. The summed E-state index contributed by atoms with van der Waals surface area (Å²) in [6, 6.07) is 14.0. The summed E-state index contributed by atoms with van der Waals surface area (Å²) in [5, 5.41) is 0. The van der Waals surface area contributed by atoms with E-state index >= 15 is 0 Å². The van der Waals surface area contributed by atoms with Crippen LogP contribution in [0.4, 0.5) is 5.69 Å². The molecule has 0 amide bonds. The standard InChI is InChI=1S/C26H31N/c1-6-18(2)19-7-8-21-16-22(10-9-20(21)15-19)23-11-12-25-24(17-23)26(3,4)13-14-27(25)5/h7-8,11-12,15-17H,2,6,9-10,13-14H2,1,3-5H3. The lowest BCUT2D eigenvalue weighted by Gasteiger charge is -2.39. The van der Waals surface area contributed by atoms with Gasteiger partial charge in [0, 0.05) is 19.3 Å². The van der Waals surface area contributed by atoms with Gasteiger partial charge in [0.1, 0.15) is 0 Å². The molecule has 27 heavy (non-hydrogen) atoms. The van der Waals surface area contributed by atoms with Gasteiger partial charge in [-0.3, -0.25) is 0 Å². The van der Waals surface area contributed by atoms with Crippen molar-refractivity contribution in [2.75, 3.05) is 18.5 Å². The third kappa shape index (κ3) is 3.25. The van der Waals surface area contributed by atoms with E-state index in [4.69, 9.17) is 0 Å². The molecule has 1 heterocycles. The largest absolute Gasteiger partial charge is 0.374 e. The third-order valence-corrected chi connectivity index (χ3v) is 6.55. The summed E-state index contributed by atoms with van der Waals surface area (Å²) in [6.45, 7) is 12.3. The van der Waals surface area contributed by atoms with E-state index in [9.17, 15) is 0 Å². The topological polar surface area (TPSA) is 3.24 Å². The Morgan fingerprint density at radius 2 is 1.93 bits per heavy atom. The van der Waals surface area contributed by atoms with E-state index in [1.165, 1.54) is 51.1 Å². The molecule has 2 aromatic rings. The van der Waals surface area contributed by atoms with Crippen molar-refractivity contribution in [1.82, 2.24) is 0 Å². The van der Waals surface area contributed by atoms with Crippen molar-refractivity contribution in [2.45, 2.75) is 51.9 Å². The van der Waals surface area contributed by atoms with Crippen molar-refractivity contribution in [3.05, 3.63) is 70.8 Å². The molecule has 1 heteroatoms. The Balaban J connectivity index is 1.71. The van der Waals surface area contributed by atoms with Gasteiger partial charge in [0.05, 0.1) is 0 Å². The predicted octanol–water partition coefficient (Wildman–Crippen LogP) is 6.71. The first-order valence-electron chi connectivity index (χ1n) is 10.3. The molecule has 1 nitrogen and oxygen atoms in total. The van der Waals surface area contributed by atoms with Gasteiger partial charge in [0.25, 0.3) is 0 Å². The Morgan fingerprint density at radius 3 is 2.70 bits per heavy atom. The Labute approximate surface area is 164 Å². The summed E-state index contributed by atoms with van der Waals surface area (Å²) < 4.78 is 0. The number of fused-ring (bicyclic) bond motifs is 2. The van der Waals surface area contributed by atoms with Crippen LogP contribution in [0, 0.1) is 0 Å². The SMILES string of the molecule is C=C(CC)c1ccc2c(c1)CCC(c1ccc3c(c1)C(C)(C)CCN3C)=C2. The maximum Gasteiger partial charge on any atom is 0.0402 e. The second kappa shape index (κ2) is 6.71. The van der Waals surface area contributed by atoms with E-state index in [0.29, 0.717) is 0 Å². The van der Waals surface area contributed by atoms with E-state index in [1.54, 1.807) is 0 Å². The highest BCUT2D eigenvalue weighted by molar-refractivity contribution is 5.86. The van der Waals surface area contributed by atoms with Crippen LogP contribution in [0.1, 0.15) is 67.9 Å². The molecule has 0 saturated carbocycles. The highest BCUT2D eigenvalue weighted by Crippen LogP contribution is 2.41. The van der Waals surface area contributed by atoms with Crippen LogP contribution in [0.25, 0.3) is 17.2 Å². The number of hydrogen-bond donors (Lipinski definition) is 0. The predicted molar refractivity (Wildman–Crippen MR) is 119 cm³/mol. The molecule has 0 unspecified atom stereocenters. The third-order valence-electron chi connectivity index (χ3n) is 6.55. The molecule has 0 aromatic heterocycles. The first-order valence-corrected chi connectivity index (χ1v) is 10.3. The highest BCUT2D eigenvalue weighted by atomic mass is 15.1. The zero-order chi connectivity index (χ0) is 19.2. The van der Waals surface area contributed by atoms with Gasteiger partial charge in [-0.1, -0.05) is 57.7 Å². The Kier molecular flexibility index (Phi) is 4.50. The number of rotatable bonds is 3. The summed E-state index contributed by atoms with van der Waals surface area (Å²) in [5.74, 6) is 0. The van der Waals surface area contributed by atoms with Crippen molar-refractivity contribution in [1.29, 1.82) is 0 Å². The van der Waals surface area contributed by atoms with Crippen molar-refractivity contribution < 1.29 is 0 Å². The molecule has 1 aliphatic heterocycles. The van der Waals surface area contributed by atoms with Gasteiger partial charge in [-0.25, -0.2) is 0 Å². The van der Waals surface area contributed by atoms with E-state index in [-0.39, 0.29) is 5.41 Å². The lowest BCUT2D eigenvalue weighted by atomic mass is 9.76. The fourth-order valence-electron chi connectivity index (χ4n) is 4.46. The average molecular weight is 358 g/mol. The smallest absolute Gasteiger partial charge is 0.0402 e. The molecule has 0 atom stereocenters. The quantitative estimate of drug-likeness (QED) is 0.590. The first kappa shape index (κ1) is 18.1. The molecule has 140 valence electrons. The fourth-order valence-corrected chi connectivity index (χ4v) is 4.46. The van der Waals surface area contributed by atoms with Crippen LogP contribution in [0.5, 0.6) is 0 Å². The molecule has 2 aliphatic rings. The molecule has 2 aromatic carbocycles. The molecule has 0 N–H and O–H groups in total. The van der Waals surface area contributed by atoms with Gasteiger partial charge in [-0.2, -0.15) is 0 Å². The second-order valence-electron chi connectivity index (χ2n) is 8.83. The normalized spacial score (nSPS) is 17.8. The zero-order valence-corrected chi connectivity index (χ0v) is 17.2. The van der Waals surface area contributed by atoms with Crippen LogP contribution in [-0.4, -0.2) is 13.6 Å². The molecule has 0 saturated heterocycles. The minimum Gasteiger partial charge on any atom is -0.374 e. The number of hydrogen-bond acceptors (Lipinski definition) is 1. The highest BCUT2D eigenvalue weighted by Gasteiger charge is 2.30. The van der Waals surface area contributed by atoms with Crippen molar-refractivity contribution >= 4 is 22.9 Å². The lowest BCUT2D eigenvalue weighted by molar-refractivity contribution is 0.462. The molecule has 0 spiro atoms. The van der Waals surface area contributed by atoms with Gasteiger partial charge < -0.3 is 4.90 Å². The first-order chi connectivity index (χ1) is 12.9. The van der Waals surface area contributed by atoms with Crippen molar-refractivity contribution in [3.8, 4) is 0 Å². The van der Waals surface area contributed by atoms with E-state index in [2.05, 4.69) is 81.8 Å². The number of benzene rings is 2. The van der Waals surface area contributed by atoms with Crippen molar-refractivity contribution in [2.24, 2.45) is 0 Å². The molecule has 0 bridgehead atoms. The van der Waals surface area contributed by atoms with Gasteiger partial charge in [-0.15, -0.1) is 0 Å². The van der Waals surface area contributed by atoms with E-state index in [1.807, 2.05) is 0 Å². The minimum atomic E-state index is 0.250. The molecular weight excluding hydrogens is 326 g/mol. The van der Waals surface area contributed by atoms with Crippen LogP contribution in [-0.2, 0) is 11.8 Å². The number of allylic oxidation sites excluding steroid dienone is 2. The van der Waals surface area contributed by atoms with Crippen molar-refractivity contribution in [3.63, 3.8) is 0 Å². The van der Waals surface area contributed by atoms with Gasteiger partial charge in [-0.05, 0) is 82.2 Å². The van der Waals surface area contributed by atoms with Crippen LogP contribution in [0.3, 0.4) is 0 Å². The van der Waals surface area contributed by atoms with E-state index in [0.717, 1.165) is 25.8 Å². The Morgan fingerprint density at radius 1 is 1.11 bits per heavy atom. The summed E-state index contributed by atoms with van der Waals surface area (Å²) in [6.07, 6.45) is 6.86. The van der Waals surface area contributed by atoms with Gasteiger partial charge >= 0.3 is 0 Å². The second-order valence-corrected chi connectivity index (χ2v) is 8.83. The monoisotopic (exact) mass is 357 g/mol. The molecule has 4 rings (SSSR count). The minimum absolute atomic E-state index is 0.250. The van der Waals surface area contributed by atoms with Crippen LogP contribution < -0.4 is 4.90 Å². The Bertz CT molecular complexity index is 929. The Hall–Kier alpha value is -2.28. The van der Waals surface area contributed by atoms with Crippen LogP contribution in [0.15, 0.2) is 43.0 Å². The van der Waals surface area contributed by atoms with Gasteiger partial charge in [0.15, 0.2) is 0 Å². The molecular formula is C26H31N. The summed E-state index contributed by atoms with van der Waals surface area (Å²) in [7, 11) is 2.21. The maximum atomic E-state index is 4.20. The average Bonchev–Trinajstić information content (AvgIpc) is 2.69. The lowest BCUT2D eigenvalue weighted by Crippen LogP contribution is -2.34. The fraction of sp³-hybridized carbons (Fsp3) is 0.385. The molecule has 1 aliphatic carbocycles. The summed E-state index contributed by atoms with van der Waals surface area (Å²) in [4.78, 5) is 2.40.